The molecule has 1 heterocycles. The Morgan fingerprint density at radius 3 is 2.78 bits per heavy atom. The number of anilines is 1. The highest BCUT2D eigenvalue weighted by atomic mass is 35.5. The van der Waals surface area contributed by atoms with Gasteiger partial charge in [-0.05, 0) is 46.7 Å². The first kappa shape index (κ1) is 17.9. The SMILES string of the molecule is COc1cc(Cl)ccc1-c1cccc2cc(S(=O)Nc3ncns3)ccc12. The van der Waals surface area contributed by atoms with Gasteiger partial charge in [0, 0.05) is 22.1 Å². The van der Waals surface area contributed by atoms with Crippen molar-refractivity contribution in [3.05, 3.63) is 65.9 Å². The molecule has 0 bridgehead atoms. The highest BCUT2D eigenvalue weighted by molar-refractivity contribution is 7.86. The zero-order valence-electron chi connectivity index (χ0n) is 14.2. The van der Waals surface area contributed by atoms with E-state index in [0.717, 1.165) is 33.4 Å². The molecular formula is C19H14ClN3O2S2. The Balaban J connectivity index is 1.76. The van der Waals surface area contributed by atoms with E-state index in [4.69, 9.17) is 16.3 Å². The second-order valence-electron chi connectivity index (χ2n) is 5.65. The first-order valence-corrected chi connectivity index (χ1v) is 10.3. The zero-order valence-corrected chi connectivity index (χ0v) is 16.6. The first-order valence-electron chi connectivity index (χ1n) is 7.97. The fraction of sp³-hybridized carbons (Fsp3) is 0.0526. The van der Waals surface area contributed by atoms with Crippen LogP contribution in [0.1, 0.15) is 0 Å². The number of nitrogens with zero attached hydrogens (tertiary/aromatic N) is 2. The van der Waals surface area contributed by atoms with Gasteiger partial charge in [0.05, 0.1) is 12.0 Å². The highest BCUT2D eigenvalue weighted by Gasteiger charge is 2.12. The van der Waals surface area contributed by atoms with E-state index in [0.29, 0.717) is 20.8 Å². The molecule has 8 heteroatoms. The van der Waals surface area contributed by atoms with Gasteiger partial charge in [-0.2, -0.15) is 4.37 Å². The van der Waals surface area contributed by atoms with Crippen LogP contribution in [0.25, 0.3) is 21.9 Å². The summed E-state index contributed by atoms with van der Waals surface area (Å²) in [6.07, 6.45) is 1.43. The molecule has 0 saturated carbocycles. The smallest absolute Gasteiger partial charge is 0.214 e. The Labute approximate surface area is 167 Å². The monoisotopic (exact) mass is 415 g/mol. The van der Waals surface area contributed by atoms with Gasteiger partial charge < -0.3 is 4.74 Å². The normalized spacial score (nSPS) is 12.1. The maximum atomic E-state index is 12.6. The molecule has 0 aliphatic heterocycles. The van der Waals surface area contributed by atoms with Gasteiger partial charge in [0.1, 0.15) is 12.1 Å². The van der Waals surface area contributed by atoms with Gasteiger partial charge >= 0.3 is 0 Å². The molecule has 0 spiro atoms. The summed E-state index contributed by atoms with van der Waals surface area (Å²) >= 11 is 7.25. The van der Waals surface area contributed by atoms with Crippen LogP contribution < -0.4 is 9.46 Å². The largest absolute Gasteiger partial charge is 0.496 e. The van der Waals surface area contributed by atoms with Gasteiger partial charge in [-0.15, -0.1) is 0 Å². The number of halogens is 1. The standard InChI is InChI=1S/C19H14ClN3O2S2/c1-25-18-10-13(20)5-7-17(18)16-4-2-3-12-9-14(6-8-15(12)16)27(24)23-19-21-11-22-26-19/h2-11H,1H3,(H,21,22,23). The number of aromatic nitrogens is 2. The minimum atomic E-state index is -1.41. The molecule has 5 nitrogen and oxygen atoms in total. The third kappa shape index (κ3) is 3.66. The average molecular weight is 416 g/mol. The van der Waals surface area contributed by atoms with E-state index in [1.807, 2.05) is 48.5 Å². The topological polar surface area (TPSA) is 64.1 Å². The minimum absolute atomic E-state index is 0.521. The second-order valence-corrected chi connectivity index (χ2v) is 8.08. The lowest BCUT2D eigenvalue weighted by Crippen LogP contribution is -2.04. The third-order valence-corrected chi connectivity index (χ3v) is 6.07. The predicted octanol–water partition coefficient (Wildman–Crippen LogP) is 5.16. The summed E-state index contributed by atoms with van der Waals surface area (Å²) in [6.45, 7) is 0. The van der Waals surface area contributed by atoms with Crippen LogP contribution in [0.3, 0.4) is 0 Å². The summed E-state index contributed by atoms with van der Waals surface area (Å²) in [7, 11) is 0.212. The number of hydrogen-bond donors (Lipinski definition) is 1. The van der Waals surface area contributed by atoms with Crippen molar-refractivity contribution in [1.82, 2.24) is 9.36 Å². The third-order valence-electron chi connectivity index (χ3n) is 4.06. The molecule has 4 rings (SSSR count). The molecule has 27 heavy (non-hydrogen) atoms. The molecular weight excluding hydrogens is 402 g/mol. The number of fused-ring (bicyclic) bond motifs is 1. The summed E-state index contributed by atoms with van der Waals surface area (Å²) < 4.78 is 24.8. The maximum absolute atomic E-state index is 12.6. The van der Waals surface area contributed by atoms with Gasteiger partial charge in [0.15, 0.2) is 11.0 Å². The Bertz CT molecular complexity index is 1130. The summed E-state index contributed by atoms with van der Waals surface area (Å²) in [5, 5.41) is 3.16. The van der Waals surface area contributed by atoms with E-state index < -0.39 is 11.0 Å². The molecule has 1 atom stereocenters. The molecule has 0 aliphatic carbocycles. The van der Waals surface area contributed by atoms with Crippen LogP contribution in [0.2, 0.25) is 5.02 Å². The summed E-state index contributed by atoms with van der Waals surface area (Å²) in [5.41, 5.74) is 1.98. The quantitative estimate of drug-likeness (QED) is 0.489. The van der Waals surface area contributed by atoms with E-state index in [-0.39, 0.29) is 0 Å². The van der Waals surface area contributed by atoms with E-state index >= 15 is 0 Å². The lowest BCUT2D eigenvalue weighted by molar-refractivity contribution is 0.416. The number of rotatable bonds is 5. The van der Waals surface area contributed by atoms with Crippen LogP contribution in [0.15, 0.2) is 65.8 Å². The molecule has 1 aromatic heterocycles. The van der Waals surface area contributed by atoms with E-state index in [1.165, 1.54) is 6.33 Å². The molecule has 3 aromatic carbocycles. The maximum Gasteiger partial charge on any atom is 0.214 e. The van der Waals surface area contributed by atoms with Crippen LogP contribution in [-0.2, 0) is 11.0 Å². The van der Waals surface area contributed by atoms with Gasteiger partial charge in [-0.3, -0.25) is 4.72 Å². The Morgan fingerprint density at radius 2 is 2.00 bits per heavy atom. The first-order chi connectivity index (χ1) is 13.2. The van der Waals surface area contributed by atoms with Crippen molar-refractivity contribution in [3.63, 3.8) is 0 Å². The summed E-state index contributed by atoms with van der Waals surface area (Å²) in [5.74, 6) is 0.709. The molecule has 4 aromatic rings. The fourth-order valence-corrected chi connectivity index (χ4v) is 4.44. The van der Waals surface area contributed by atoms with Crippen molar-refractivity contribution in [2.24, 2.45) is 0 Å². The molecule has 0 fully saturated rings. The highest BCUT2D eigenvalue weighted by Crippen LogP contribution is 2.37. The van der Waals surface area contributed by atoms with E-state index in [2.05, 4.69) is 14.1 Å². The Kier molecular flexibility index (Phi) is 5.07. The van der Waals surface area contributed by atoms with Gasteiger partial charge in [0.25, 0.3) is 0 Å². The van der Waals surface area contributed by atoms with Crippen molar-refractivity contribution >= 4 is 50.0 Å². The Hall–Kier alpha value is -2.48. The lowest BCUT2D eigenvalue weighted by Gasteiger charge is -2.12. The molecule has 0 amide bonds. The number of benzene rings is 3. The number of methoxy groups -OCH3 is 1. The molecule has 1 N–H and O–H groups in total. The molecule has 0 saturated heterocycles. The fourth-order valence-electron chi connectivity index (χ4n) is 2.86. The number of ether oxygens (including phenoxy) is 1. The van der Waals surface area contributed by atoms with Gasteiger partial charge in [-0.1, -0.05) is 35.9 Å². The molecule has 1 unspecified atom stereocenters. The lowest BCUT2D eigenvalue weighted by atomic mass is 9.97. The molecule has 0 radical (unpaired) electrons. The van der Waals surface area contributed by atoms with Crippen molar-refractivity contribution in [3.8, 4) is 16.9 Å². The minimum Gasteiger partial charge on any atom is -0.496 e. The summed E-state index contributed by atoms with van der Waals surface area (Å²) in [6, 6.07) is 17.3. The van der Waals surface area contributed by atoms with Crippen LogP contribution in [-0.4, -0.2) is 20.7 Å². The van der Waals surface area contributed by atoms with Gasteiger partial charge in [-0.25, -0.2) is 9.19 Å². The average Bonchev–Trinajstić information content (AvgIpc) is 3.20. The van der Waals surface area contributed by atoms with E-state index in [1.54, 1.807) is 13.2 Å². The van der Waals surface area contributed by atoms with Crippen LogP contribution in [0.4, 0.5) is 5.13 Å². The van der Waals surface area contributed by atoms with Crippen molar-refractivity contribution < 1.29 is 8.95 Å². The second kappa shape index (κ2) is 7.64. The van der Waals surface area contributed by atoms with Crippen molar-refractivity contribution in [2.75, 3.05) is 11.8 Å². The molecule has 0 aliphatic rings. The van der Waals surface area contributed by atoms with Crippen LogP contribution in [0, 0.1) is 0 Å². The van der Waals surface area contributed by atoms with Crippen molar-refractivity contribution in [1.29, 1.82) is 0 Å². The Morgan fingerprint density at radius 1 is 1.11 bits per heavy atom. The van der Waals surface area contributed by atoms with Crippen LogP contribution >= 0.6 is 23.1 Å². The molecule has 136 valence electrons. The predicted molar refractivity (Wildman–Crippen MR) is 111 cm³/mol. The summed E-state index contributed by atoms with van der Waals surface area (Å²) in [4.78, 5) is 4.67. The zero-order chi connectivity index (χ0) is 18.8. The van der Waals surface area contributed by atoms with Crippen molar-refractivity contribution in [2.45, 2.75) is 4.90 Å². The van der Waals surface area contributed by atoms with Gasteiger partial charge in [0.2, 0.25) is 5.13 Å². The van der Waals surface area contributed by atoms with Crippen LogP contribution in [0.5, 0.6) is 5.75 Å². The van der Waals surface area contributed by atoms with E-state index in [9.17, 15) is 4.21 Å². The number of hydrogen-bond acceptors (Lipinski definition) is 5. The number of nitrogens with one attached hydrogen (secondary N) is 1.